The summed E-state index contributed by atoms with van der Waals surface area (Å²) in [6.07, 6.45) is 4.40. The van der Waals surface area contributed by atoms with Gasteiger partial charge in [0.2, 0.25) is 0 Å². The molecule has 0 aromatic heterocycles. The summed E-state index contributed by atoms with van der Waals surface area (Å²) in [4.78, 5) is 6.94. The Morgan fingerprint density at radius 3 is 2.79 bits per heavy atom. The fourth-order valence-electron chi connectivity index (χ4n) is 4.17. The molecule has 2 atom stereocenters. The number of hydrogen-bond donors (Lipinski definition) is 2. The van der Waals surface area contributed by atoms with E-state index in [0.717, 1.165) is 77.7 Å². The first kappa shape index (κ1) is 22.1. The summed E-state index contributed by atoms with van der Waals surface area (Å²) < 4.78 is 11.2. The molecule has 0 aliphatic carbocycles. The van der Waals surface area contributed by atoms with Crippen LogP contribution in [0.15, 0.2) is 35.3 Å². The molecule has 2 saturated heterocycles. The molecule has 2 heterocycles. The molecule has 162 valence electrons. The molecule has 0 saturated carbocycles. The van der Waals surface area contributed by atoms with Crippen molar-refractivity contribution in [3.8, 4) is 0 Å². The summed E-state index contributed by atoms with van der Waals surface area (Å²) in [5.41, 5.74) is 1.38. The molecule has 6 nitrogen and oxygen atoms in total. The molecule has 0 bridgehead atoms. The van der Waals surface area contributed by atoms with Crippen LogP contribution in [0.4, 0.5) is 0 Å². The first-order valence-corrected chi connectivity index (χ1v) is 11.1. The highest BCUT2D eigenvalue weighted by Gasteiger charge is 2.29. The number of nitrogens with one attached hydrogen (secondary N) is 2. The van der Waals surface area contributed by atoms with E-state index in [1.165, 1.54) is 5.56 Å². The summed E-state index contributed by atoms with van der Waals surface area (Å²) in [5, 5.41) is 7.03. The van der Waals surface area contributed by atoms with Gasteiger partial charge in [0.05, 0.1) is 0 Å². The fourth-order valence-corrected chi connectivity index (χ4v) is 4.17. The second-order valence-electron chi connectivity index (χ2n) is 8.32. The average molecular weight is 403 g/mol. The summed E-state index contributed by atoms with van der Waals surface area (Å²) >= 11 is 0. The van der Waals surface area contributed by atoms with E-state index in [0.29, 0.717) is 18.0 Å². The van der Waals surface area contributed by atoms with Gasteiger partial charge in [-0.25, -0.2) is 0 Å². The highest BCUT2D eigenvalue weighted by Crippen LogP contribution is 2.20. The molecule has 2 N–H and O–H groups in total. The number of aliphatic imine (C=N–C) groups is 1. The number of benzene rings is 1. The molecular weight excluding hydrogens is 364 g/mol. The van der Waals surface area contributed by atoms with Gasteiger partial charge in [0, 0.05) is 65.2 Å². The van der Waals surface area contributed by atoms with E-state index in [2.05, 4.69) is 57.8 Å². The van der Waals surface area contributed by atoms with Crippen LogP contribution in [0.5, 0.6) is 0 Å². The summed E-state index contributed by atoms with van der Waals surface area (Å²) in [7, 11) is 1.84. The lowest BCUT2D eigenvalue weighted by atomic mass is 10.0. The van der Waals surface area contributed by atoms with Crippen molar-refractivity contribution < 1.29 is 9.47 Å². The molecule has 1 aromatic carbocycles. The van der Waals surface area contributed by atoms with Crippen LogP contribution in [-0.2, 0) is 16.0 Å². The van der Waals surface area contributed by atoms with Crippen molar-refractivity contribution >= 4 is 5.96 Å². The fraction of sp³-hybridized carbons (Fsp3) is 0.696. The third-order valence-corrected chi connectivity index (χ3v) is 5.95. The summed E-state index contributed by atoms with van der Waals surface area (Å²) in [5.74, 6) is 1.57. The van der Waals surface area contributed by atoms with Crippen molar-refractivity contribution in [2.45, 2.75) is 51.2 Å². The molecule has 2 aliphatic heterocycles. The van der Waals surface area contributed by atoms with Gasteiger partial charge in [-0.1, -0.05) is 30.3 Å². The molecular formula is C23H38N4O2. The minimum absolute atomic E-state index is 0.435. The minimum Gasteiger partial charge on any atom is -0.381 e. The van der Waals surface area contributed by atoms with E-state index in [9.17, 15) is 0 Å². The van der Waals surface area contributed by atoms with Crippen LogP contribution in [0.1, 0.15) is 38.2 Å². The first-order chi connectivity index (χ1) is 14.2. The highest BCUT2D eigenvalue weighted by atomic mass is 16.5. The van der Waals surface area contributed by atoms with E-state index in [4.69, 9.17) is 9.47 Å². The SMILES string of the molecule is CN=C(NCCCOCC1CCOCC1)NC1CC(C)N(Cc2ccccc2)C1. The Labute approximate surface area is 176 Å². The number of nitrogens with zero attached hydrogens (tertiary/aromatic N) is 2. The van der Waals surface area contributed by atoms with E-state index < -0.39 is 0 Å². The molecule has 0 spiro atoms. The third kappa shape index (κ3) is 7.61. The van der Waals surface area contributed by atoms with Crippen molar-refractivity contribution in [2.75, 3.05) is 46.6 Å². The van der Waals surface area contributed by atoms with Crippen LogP contribution >= 0.6 is 0 Å². The van der Waals surface area contributed by atoms with Crippen LogP contribution in [0.25, 0.3) is 0 Å². The molecule has 29 heavy (non-hydrogen) atoms. The maximum absolute atomic E-state index is 5.84. The van der Waals surface area contributed by atoms with Gasteiger partial charge in [-0.3, -0.25) is 9.89 Å². The molecule has 3 rings (SSSR count). The van der Waals surface area contributed by atoms with Crippen LogP contribution in [-0.4, -0.2) is 69.5 Å². The predicted octanol–water partition coefficient (Wildman–Crippen LogP) is 2.65. The first-order valence-electron chi connectivity index (χ1n) is 11.1. The van der Waals surface area contributed by atoms with Gasteiger partial charge >= 0.3 is 0 Å². The molecule has 2 unspecified atom stereocenters. The average Bonchev–Trinajstić information content (AvgIpc) is 3.09. The lowest BCUT2D eigenvalue weighted by Crippen LogP contribution is -2.44. The predicted molar refractivity (Wildman–Crippen MR) is 118 cm³/mol. The van der Waals surface area contributed by atoms with Crippen molar-refractivity contribution in [3.63, 3.8) is 0 Å². The molecule has 6 heteroatoms. The van der Waals surface area contributed by atoms with Crippen molar-refractivity contribution in [1.29, 1.82) is 0 Å². The third-order valence-electron chi connectivity index (χ3n) is 5.95. The van der Waals surface area contributed by atoms with E-state index in [1.807, 2.05) is 7.05 Å². The van der Waals surface area contributed by atoms with Gasteiger partial charge in [0.1, 0.15) is 0 Å². The van der Waals surface area contributed by atoms with Crippen molar-refractivity contribution in [1.82, 2.24) is 15.5 Å². The maximum atomic E-state index is 5.84. The minimum atomic E-state index is 0.435. The normalized spacial score (nSPS) is 24.0. The Balaban J connectivity index is 1.29. The Morgan fingerprint density at radius 2 is 2.03 bits per heavy atom. The van der Waals surface area contributed by atoms with Gasteiger partial charge < -0.3 is 20.1 Å². The molecule has 1 aromatic rings. The largest absolute Gasteiger partial charge is 0.381 e. The van der Waals surface area contributed by atoms with Gasteiger partial charge in [-0.15, -0.1) is 0 Å². The smallest absolute Gasteiger partial charge is 0.191 e. The topological polar surface area (TPSA) is 58.1 Å². The zero-order valence-corrected chi connectivity index (χ0v) is 18.1. The summed E-state index contributed by atoms with van der Waals surface area (Å²) in [6.45, 7) is 8.70. The Morgan fingerprint density at radius 1 is 1.24 bits per heavy atom. The van der Waals surface area contributed by atoms with E-state index in [1.54, 1.807) is 0 Å². The number of rotatable bonds is 9. The number of guanidine groups is 1. The van der Waals surface area contributed by atoms with Crippen LogP contribution < -0.4 is 10.6 Å². The van der Waals surface area contributed by atoms with E-state index in [-0.39, 0.29) is 0 Å². The quantitative estimate of drug-likeness (QED) is 0.378. The van der Waals surface area contributed by atoms with Gasteiger partial charge in [-0.2, -0.15) is 0 Å². The number of ether oxygens (including phenoxy) is 2. The monoisotopic (exact) mass is 402 g/mol. The Hall–Kier alpha value is -1.63. The number of likely N-dealkylation sites (tertiary alicyclic amines) is 1. The van der Waals surface area contributed by atoms with Gasteiger partial charge in [0.25, 0.3) is 0 Å². The lowest BCUT2D eigenvalue weighted by molar-refractivity contribution is 0.0203. The van der Waals surface area contributed by atoms with Crippen molar-refractivity contribution in [3.05, 3.63) is 35.9 Å². The lowest BCUT2D eigenvalue weighted by Gasteiger charge is -2.22. The molecule has 0 amide bonds. The van der Waals surface area contributed by atoms with Crippen LogP contribution in [0, 0.1) is 5.92 Å². The van der Waals surface area contributed by atoms with Gasteiger partial charge in [-0.05, 0) is 44.1 Å². The van der Waals surface area contributed by atoms with E-state index >= 15 is 0 Å². The van der Waals surface area contributed by atoms with Gasteiger partial charge in [0.15, 0.2) is 5.96 Å². The molecule has 2 aliphatic rings. The van der Waals surface area contributed by atoms with Crippen molar-refractivity contribution in [2.24, 2.45) is 10.9 Å². The maximum Gasteiger partial charge on any atom is 0.191 e. The molecule has 2 fully saturated rings. The second-order valence-corrected chi connectivity index (χ2v) is 8.32. The second kappa shape index (κ2) is 12.2. The Kier molecular flexibility index (Phi) is 9.25. The standard InChI is InChI=1S/C23H38N4O2/c1-19-15-22(17-27(19)16-20-7-4-3-5-8-20)26-23(24-2)25-11-6-12-29-18-21-9-13-28-14-10-21/h3-5,7-8,19,21-22H,6,9-18H2,1-2H3,(H2,24,25,26). The number of hydrogen-bond acceptors (Lipinski definition) is 4. The zero-order valence-electron chi connectivity index (χ0n) is 18.1. The van der Waals surface area contributed by atoms with Crippen LogP contribution in [0.2, 0.25) is 0 Å². The Bertz CT molecular complexity index is 604. The highest BCUT2D eigenvalue weighted by molar-refractivity contribution is 5.80. The summed E-state index contributed by atoms with van der Waals surface area (Å²) in [6, 6.07) is 11.7. The van der Waals surface area contributed by atoms with Crippen LogP contribution in [0.3, 0.4) is 0 Å². The molecule has 0 radical (unpaired) electrons. The zero-order chi connectivity index (χ0) is 20.3.